The second-order valence-electron chi connectivity index (χ2n) is 5.17. The lowest BCUT2D eigenvalue weighted by Crippen LogP contribution is -2.47. The van der Waals surface area contributed by atoms with Crippen LogP contribution in [0.25, 0.3) is 0 Å². The molecule has 0 radical (unpaired) electrons. The molecular weight excluding hydrogens is 414 g/mol. The Morgan fingerprint density at radius 3 is 2.60 bits per heavy atom. The third-order valence-electron chi connectivity index (χ3n) is 2.52. The first-order valence-corrected chi connectivity index (χ1v) is 7.76. The summed E-state index contributed by atoms with van der Waals surface area (Å²) >= 11 is 13.9. The van der Waals surface area contributed by atoms with Crippen LogP contribution in [0.15, 0.2) is 12.1 Å². The van der Waals surface area contributed by atoms with Gasteiger partial charge >= 0.3 is 0 Å². The number of aliphatic hydroxyl groups is 1. The quantitative estimate of drug-likeness (QED) is 0.557. The van der Waals surface area contributed by atoms with Gasteiger partial charge in [-0.05, 0) is 55.7 Å². The molecule has 1 aromatic rings. The molecule has 7 heteroatoms. The predicted molar refractivity (Wildman–Crippen MR) is 90.7 cm³/mol. The van der Waals surface area contributed by atoms with E-state index in [2.05, 4.69) is 5.32 Å². The Morgan fingerprint density at radius 2 is 2.05 bits per heavy atom. The molecule has 112 valence electrons. The molecule has 1 aromatic carbocycles. The van der Waals surface area contributed by atoms with Gasteiger partial charge in [0.1, 0.15) is 0 Å². The van der Waals surface area contributed by atoms with Gasteiger partial charge in [-0.2, -0.15) is 0 Å². The summed E-state index contributed by atoms with van der Waals surface area (Å²) in [6.45, 7) is 2.26. The third kappa shape index (κ3) is 5.37. The maximum absolute atomic E-state index is 12.1. The third-order valence-corrected chi connectivity index (χ3v) is 4.52. The zero-order valence-electron chi connectivity index (χ0n) is 11.5. The minimum atomic E-state index is -1.01. The minimum Gasteiger partial charge on any atom is -0.387 e. The Balaban J connectivity index is 2.78. The number of amides is 1. The molecule has 1 amide bonds. The van der Waals surface area contributed by atoms with Crippen LogP contribution in [0, 0.1) is 3.57 Å². The van der Waals surface area contributed by atoms with Crippen molar-refractivity contribution >= 4 is 51.7 Å². The van der Waals surface area contributed by atoms with Crippen molar-refractivity contribution in [2.45, 2.75) is 12.5 Å². The first-order chi connectivity index (χ1) is 9.12. The van der Waals surface area contributed by atoms with Crippen molar-refractivity contribution in [2.24, 2.45) is 0 Å². The summed E-state index contributed by atoms with van der Waals surface area (Å²) in [4.78, 5) is 14.0. The van der Waals surface area contributed by atoms with Crippen LogP contribution in [0.5, 0.6) is 0 Å². The molecule has 0 heterocycles. The molecule has 0 aliphatic heterocycles. The van der Waals surface area contributed by atoms with Crippen molar-refractivity contribution in [3.8, 4) is 0 Å². The van der Waals surface area contributed by atoms with Gasteiger partial charge in [0, 0.05) is 21.7 Å². The largest absolute Gasteiger partial charge is 0.387 e. The Kier molecular flexibility index (Phi) is 6.53. The van der Waals surface area contributed by atoms with Gasteiger partial charge in [-0.1, -0.05) is 23.2 Å². The van der Waals surface area contributed by atoms with E-state index in [1.807, 2.05) is 41.6 Å². The zero-order valence-corrected chi connectivity index (χ0v) is 15.2. The van der Waals surface area contributed by atoms with E-state index in [0.29, 0.717) is 25.7 Å². The molecule has 1 unspecified atom stereocenters. The van der Waals surface area contributed by atoms with Gasteiger partial charge in [-0.15, -0.1) is 0 Å². The van der Waals surface area contributed by atoms with E-state index >= 15 is 0 Å². The van der Waals surface area contributed by atoms with Crippen molar-refractivity contribution in [1.82, 2.24) is 10.2 Å². The van der Waals surface area contributed by atoms with Crippen LogP contribution in [0.1, 0.15) is 17.3 Å². The van der Waals surface area contributed by atoms with E-state index in [0.717, 1.165) is 0 Å². The van der Waals surface area contributed by atoms with Crippen LogP contribution in [-0.2, 0) is 0 Å². The molecule has 0 aliphatic rings. The molecule has 0 aromatic heterocycles. The molecule has 0 spiro atoms. The number of likely N-dealkylation sites (N-methyl/N-ethyl adjacent to an activating group) is 1. The molecular formula is C13H17Cl2IN2O2. The fourth-order valence-electron chi connectivity index (χ4n) is 1.82. The second-order valence-corrected chi connectivity index (χ2v) is 7.09. The molecule has 0 fully saturated rings. The fourth-order valence-corrected chi connectivity index (χ4v) is 2.87. The molecule has 0 saturated carbocycles. The summed E-state index contributed by atoms with van der Waals surface area (Å²) in [5.74, 6) is -0.308. The molecule has 20 heavy (non-hydrogen) atoms. The van der Waals surface area contributed by atoms with Crippen molar-refractivity contribution < 1.29 is 9.90 Å². The highest BCUT2D eigenvalue weighted by molar-refractivity contribution is 14.1. The Hall–Kier alpha value is -0.0800. The number of halogens is 3. The summed E-state index contributed by atoms with van der Waals surface area (Å²) in [6.07, 6.45) is 0. The summed E-state index contributed by atoms with van der Waals surface area (Å²) in [5.41, 5.74) is -0.601. The number of benzene rings is 1. The fraction of sp³-hybridized carbons (Fsp3) is 0.462. The van der Waals surface area contributed by atoms with Crippen LogP contribution < -0.4 is 5.32 Å². The van der Waals surface area contributed by atoms with Gasteiger partial charge in [-0.25, -0.2) is 0 Å². The van der Waals surface area contributed by atoms with Crippen molar-refractivity contribution in [1.29, 1.82) is 0 Å². The molecule has 0 aliphatic carbocycles. The molecule has 2 N–H and O–H groups in total. The first kappa shape index (κ1) is 18.0. The SMILES string of the molecule is CN(C)CC(C)(O)CNC(=O)c1cc(Cl)cc(Cl)c1I. The smallest absolute Gasteiger partial charge is 0.252 e. The van der Waals surface area contributed by atoms with Gasteiger partial charge < -0.3 is 15.3 Å². The van der Waals surface area contributed by atoms with Gasteiger partial charge in [0.15, 0.2) is 0 Å². The lowest BCUT2D eigenvalue weighted by atomic mass is 10.1. The maximum Gasteiger partial charge on any atom is 0.252 e. The van der Waals surface area contributed by atoms with Gasteiger partial charge in [0.05, 0.1) is 16.2 Å². The van der Waals surface area contributed by atoms with E-state index in [-0.39, 0.29) is 12.5 Å². The topological polar surface area (TPSA) is 52.6 Å². The number of hydrogen-bond acceptors (Lipinski definition) is 3. The van der Waals surface area contributed by atoms with E-state index < -0.39 is 5.60 Å². The number of hydrogen-bond donors (Lipinski definition) is 2. The van der Waals surface area contributed by atoms with Crippen LogP contribution in [-0.4, -0.2) is 48.7 Å². The molecule has 0 bridgehead atoms. The lowest BCUT2D eigenvalue weighted by Gasteiger charge is -2.27. The predicted octanol–water partition coefficient (Wildman–Crippen LogP) is 2.64. The van der Waals surface area contributed by atoms with Crippen LogP contribution in [0.3, 0.4) is 0 Å². The van der Waals surface area contributed by atoms with Crippen LogP contribution >= 0.6 is 45.8 Å². The Labute approximate surface area is 142 Å². The number of carbonyl (C=O) groups is 1. The molecule has 0 saturated heterocycles. The number of nitrogens with one attached hydrogen (secondary N) is 1. The average molecular weight is 431 g/mol. The highest BCUT2D eigenvalue weighted by atomic mass is 127. The van der Waals surface area contributed by atoms with Gasteiger partial charge in [0.2, 0.25) is 0 Å². The highest BCUT2D eigenvalue weighted by Gasteiger charge is 2.23. The lowest BCUT2D eigenvalue weighted by molar-refractivity contribution is 0.0326. The maximum atomic E-state index is 12.1. The van der Waals surface area contributed by atoms with Gasteiger partial charge in [0.25, 0.3) is 5.91 Å². The van der Waals surface area contributed by atoms with E-state index in [4.69, 9.17) is 23.2 Å². The molecule has 1 atom stereocenters. The highest BCUT2D eigenvalue weighted by Crippen LogP contribution is 2.26. The average Bonchev–Trinajstić information content (AvgIpc) is 2.29. The first-order valence-electron chi connectivity index (χ1n) is 5.92. The van der Waals surface area contributed by atoms with Crippen molar-refractivity contribution in [3.05, 3.63) is 31.3 Å². The van der Waals surface area contributed by atoms with Crippen LogP contribution in [0.2, 0.25) is 10.0 Å². The second kappa shape index (κ2) is 7.26. The summed E-state index contributed by atoms with van der Waals surface area (Å²) in [5, 5.41) is 13.7. The van der Waals surface area contributed by atoms with Crippen molar-refractivity contribution in [2.75, 3.05) is 27.2 Å². The standard InChI is InChI=1S/C13H17Cl2IN2O2/c1-13(20,7-18(2)3)6-17-12(19)9-4-8(14)5-10(15)11(9)16/h4-5,20H,6-7H2,1-3H3,(H,17,19). The van der Waals surface area contributed by atoms with Crippen LogP contribution in [0.4, 0.5) is 0 Å². The van der Waals surface area contributed by atoms with E-state index in [1.54, 1.807) is 19.1 Å². The number of nitrogens with zero attached hydrogens (tertiary/aromatic N) is 1. The summed E-state index contributed by atoms with van der Waals surface area (Å²) < 4.78 is 0.637. The monoisotopic (exact) mass is 430 g/mol. The van der Waals surface area contributed by atoms with E-state index in [9.17, 15) is 9.90 Å². The zero-order chi connectivity index (χ0) is 15.5. The number of rotatable bonds is 5. The Bertz CT molecular complexity index is 507. The van der Waals surface area contributed by atoms with Gasteiger partial charge in [-0.3, -0.25) is 4.79 Å². The number of carbonyl (C=O) groups excluding carboxylic acids is 1. The van der Waals surface area contributed by atoms with E-state index in [1.165, 1.54) is 0 Å². The summed E-state index contributed by atoms with van der Waals surface area (Å²) in [7, 11) is 3.71. The minimum absolute atomic E-state index is 0.143. The normalized spacial score (nSPS) is 14.2. The van der Waals surface area contributed by atoms with Crippen molar-refractivity contribution in [3.63, 3.8) is 0 Å². The molecule has 4 nitrogen and oxygen atoms in total. The summed E-state index contributed by atoms with van der Waals surface area (Å²) in [6, 6.07) is 3.15. The Morgan fingerprint density at radius 1 is 1.45 bits per heavy atom. The molecule has 1 rings (SSSR count).